The number of carboxylic acids is 1. The molecule has 1 heterocycles. The lowest BCUT2D eigenvalue weighted by Crippen LogP contribution is -2.10. The van der Waals surface area contributed by atoms with Crippen LogP contribution in [0.5, 0.6) is 11.5 Å². The van der Waals surface area contributed by atoms with Crippen LogP contribution in [-0.4, -0.2) is 24.3 Å². The number of hydrogen-bond donors (Lipinski definition) is 1. The Balaban J connectivity index is 1.58. The van der Waals surface area contributed by atoms with E-state index in [2.05, 4.69) is 65.1 Å². The van der Waals surface area contributed by atoms with Crippen molar-refractivity contribution < 1.29 is 23.8 Å². The first kappa shape index (κ1) is 22.9. The monoisotopic (exact) mass is 554 g/mol. The summed E-state index contributed by atoms with van der Waals surface area (Å²) in [5.41, 5.74) is 4.95. The van der Waals surface area contributed by atoms with Crippen LogP contribution in [0, 0.1) is 17.4 Å². The highest BCUT2D eigenvalue weighted by molar-refractivity contribution is 14.1. The highest BCUT2D eigenvalue weighted by Gasteiger charge is 2.09. The molecule has 0 radical (unpaired) electrons. The number of carbonyl (C=O) groups is 1. The van der Waals surface area contributed by atoms with Crippen molar-refractivity contribution in [2.45, 2.75) is 13.8 Å². The number of halogens is 1. The molecular weight excluding hydrogens is 531 g/mol. The summed E-state index contributed by atoms with van der Waals surface area (Å²) in [6, 6.07) is 22.0. The first-order valence-corrected chi connectivity index (χ1v) is 11.5. The minimum Gasteiger partial charge on any atom is -0.489 e. The molecule has 0 atom stereocenters. The number of hydrogen-bond acceptors (Lipinski definition) is 4. The number of rotatable bonds is 8. The van der Waals surface area contributed by atoms with E-state index in [1.807, 2.05) is 32.0 Å². The number of carboxylic acid groups (broad SMARTS) is 1. The number of aliphatic carboxylic acids is 1. The van der Waals surface area contributed by atoms with Gasteiger partial charge in [0.15, 0.2) is 6.61 Å². The van der Waals surface area contributed by atoms with Gasteiger partial charge in [-0.1, -0.05) is 18.2 Å². The predicted octanol–water partition coefficient (Wildman–Crippen LogP) is 6.63. The Labute approximate surface area is 205 Å². The van der Waals surface area contributed by atoms with Crippen molar-refractivity contribution in [3.8, 4) is 11.5 Å². The lowest BCUT2D eigenvalue weighted by molar-refractivity contribution is -0.139. The van der Waals surface area contributed by atoms with Crippen LogP contribution in [-0.2, 0) is 4.79 Å². The molecule has 0 fully saturated rings. The summed E-state index contributed by atoms with van der Waals surface area (Å²) in [5, 5.41) is 9.85. The Bertz CT molecular complexity index is 1320. The van der Waals surface area contributed by atoms with Crippen LogP contribution in [0.3, 0.4) is 0 Å². The molecule has 0 bridgehead atoms. The van der Waals surface area contributed by atoms with E-state index in [-0.39, 0.29) is 6.61 Å². The first-order valence-electron chi connectivity index (χ1n) is 10.4. The molecule has 0 saturated carbocycles. The van der Waals surface area contributed by atoms with Crippen LogP contribution < -0.4 is 9.47 Å². The predicted molar refractivity (Wildman–Crippen MR) is 137 cm³/mol. The van der Waals surface area contributed by atoms with E-state index in [0.29, 0.717) is 18.1 Å². The van der Waals surface area contributed by atoms with Crippen molar-refractivity contribution in [2.75, 3.05) is 13.2 Å². The molecule has 3 aromatic carbocycles. The second-order valence-corrected chi connectivity index (χ2v) is 8.90. The van der Waals surface area contributed by atoms with Crippen LogP contribution >= 0.6 is 22.6 Å². The third-order valence-corrected chi connectivity index (χ3v) is 5.86. The lowest BCUT2D eigenvalue weighted by Gasteiger charge is -2.12. The second-order valence-electron chi connectivity index (χ2n) is 7.66. The van der Waals surface area contributed by atoms with Crippen LogP contribution in [0.25, 0.3) is 16.5 Å². The fourth-order valence-electron chi connectivity index (χ4n) is 3.61. The lowest BCUT2D eigenvalue weighted by atomic mass is 9.97. The van der Waals surface area contributed by atoms with Crippen LogP contribution in [0.4, 0.5) is 0 Å². The minimum absolute atomic E-state index is 0.371. The quantitative estimate of drug-likeness (QED) is 0.248. The van der Waals surface area contributed by atoms with Gasteiger partial charge in [-0.25, -0.2) is 4.79 Å². The van der Waals surface area contributed by atoms with Gasteiger partial charge in [0.1, 0.15) is 29.4 Å². The van der Waals surface area contributed by atoms with E-state index >= 15 is 0 Å². The van der Waals surface area contributed by atoms with Gasteiger partial charge < -0.3 is 19.0 Å². The van der Waals surface area contributed by atoms with Crippen LogP contribution in [0.1, 0.15) is 22.5 Å². The van der Waals surface area contributed by atoms with Gasteiger partial charge in [-0.2, -0.15) is 0 Å². The Morgan fingerprint density at radius 2 is 1.73 bits per heavy atom. The molecule has 0 aliphatic carbocycles. The van der Waals surface area contributed by atoms with Gasteiger partial charge in [0.2, 0.25) is 0 Å². The van der Waals surface area contributed by atoms with Gasteiger partial charge in [-0.05, 0) is 113 Å². The van der Waals surface area contributed by atoms with Gasteiger partial charge in [-0.3, -0.25) is 0 Å². The molecule has 5 nitrogen and oxygen atoms in total. The molecule has 168 valence electrons. The second kappa shape index (κ2) is 10.1. The maximum atomic E-state index is 10.7. The topological polar surface area (TPSA) is 68.9 Å². The van der Waals surface area contributed by atoms with Crippen molar-refractivity contribution >= 4 is 45.1 Å². The average molecular weight is 554 g/mol. The third-order valence-electron chi connectivity index (χ3n) is 5.14. The maximum absolute atomic E-state index is 10.7. The molecule has 33 heavy (non-hydrogen) atoms. The SMILES string of the molecule is Cc1cc2cc(/C(=C\COc3ccc(OCC(=O)O)c(C)c3)c3ccc(I)cc3)ccc2o1. The highest BCUT2D eigenvalue weighted by Crippen LogP contribution is 2.29. The zero-order chi connectivity index (χ0) is 23.4. The molecule has 4 rings (SSSR count). The van der Waals surface area contributed by atoms with E-state index in [0.717, 1.165) is 39.0 Å². The number of fused-ring (bicyclic) bond motifs is 1. The van der Waals surface area contributed by atoms with E-state index in [1.165, 1.54) is 3.57 Å². The standard InChI is InChI=1S/C27H23IO5/c1-17-13-23(8-10-25(17)32-16-27(29)30)31-12-11-24(19-3-6-22(28)7-4-19)20-5-9-26-21(15-20)14-18(2)33-26/h3-11,13-15H,12,16H2,1-2H3,(H,29,30)/b24-11-. The molecule has 4 aromatic rings. The summed E-state index contributed by atoms with van der Waals surface area (Å²) < 4.78 is 18.2. The smallest absolute Gasteiger partial charge is 0.341 e. The summed E-state index contributed by atoms with van der Waals surface area (Å²) in [5.74, 6) is 1.10. The van der Waals surface area contributed by atoms with Gasteiger partial charge in [0.25, 0.3) is 0 Å². The van der Waals surface area contributed by atoms with Gasteiger partial charge in [-0.15, -0.1) is 0 Å². The molecule has 6 heteroatoms. The molecule has 0 unspecified atom stereocenters. The molecule has 0 spiro atoms. The Morgan fingerprint density at radius 3 is 2.45 bits per heavy atom. The molecule has 0 saturated heterocycles. The summed E-state index contributed by atoms with van der Waals surface area (Å²) in [7, 11) is 0. The van der Waals surface area contributed by atoms with Crippen molar-refractivity contribution in [3.05, 3.63) is 98.8 Å². The summed E-state index contributed by atoms with van der Waals surface area (Å²) in [4.78, 5) is 10.7. The Hall–Kier alpha value is -3.26. The first-order chi connectivity index (χ1) is 15.9. The van der Waals surface area contributed by atoms with E-state index in [9.17, 15) is 4.79 Å². The minimum atomic E-state index is -1.01. The normalized spacial score (nSPS) is 11.5. The third kappa shape index (κ3) is 5.76. The van der Waals surface area contributed by atoms with E-state index in [4.69, 9.17) is 19.0 Å². The van der Waals surface area contributed by atoms with Gasteiger partial charge in [0, 0.05) is 8.96 Å². The Kier molecular flexibility index (Phi) is 7.03. The fourth-order valence-corrected chi connectivity index (χ4v) is 3.97. The zero-order valence-corrected chi connectivity index (χ0v) is 20.5. The molecular formula is C27H23IO5. The number of furan rings is 1. The van der Waals surface area contributed by atoms with E-state index in [1.54, 1.807) is 12.1 Å². The molecule has 1 N–H and O–H groups in total. The largest absolute Gasteiger partial charge is 0.489 e. The highest BCUT2D eigenvalue weighted by atomic mass is 127. The number of aryl methyl sites for hydroxylation is 2. The summed E-state index contributed by atoms with van der Waals surface area (Å²) >= 11 is 2.30. The summed E-state index contributed by atoms with van der Waals surface area (Å²) in [6.45, 7) is 3.81. The molecule has 0 aliphatic heterocycles. The van der Waals surface area contributed by atoms with Crippen LogP contribution in [0.15, 0.2) is 77.2 Å². The molecule has 0 amide bonds. The van der Waals surface area contributed by atoms with Crippen molar-refractivity contribution in [1.29, 1.82) is 0 Å². The summed E-state index contributed by atoms with van der Waals surface area (Å²) in [6.07, 6.45) is 2.07. The van der Waals surface area contributed by atoms with Crippen molar-refractivity contribution in [1.82, 2.24) is 0 Å². The Morgan fingerprint density at radius 1 is 0.970 bits per heavy atom. The van der Waals surface area contributed by atoms with Gasteiger partial charge >= 0.3 is 5.97 Å². The number of ether oxygens (including phenoxy) is 2. The molecule has 1 aromatic heterocycles. The van der Waals surface area contributed by atoms with Crippen molar-refractivity contribution in [2.24, 2.45) is 0 Å². The van der Waals surface area contributed by atoms with E-state index < -0.39 is 5.97 Å². The molecule has 0 aliphatic rings. The van der Waals surface area contributed by atoms with Crippen molar-refractivity contribution in [3.63, 3.8) is 0 Å². The zero-order valence-electron chi connectivity index (χ0n) is 18.3. The average Bonchev–Trinajstić information content (AvgIpc) is 3.16. The van der Waals surface area contributed by atoms with Crippen LogP contribution in [0.2, 0.25) is 0 Å². The fraction of sp³-hybridized carbons (Fsp3) is 0.148. The van der Waals surface area contributed by atoms with Gasteiger partial charge in [0.05, 0.1) is 0 Å². The number of benzene rings is 3. The maximum Gasteiger partial charge on any atom is 0.341 e.